The Balaban J connectivity index is -0.000000359. The summed E-state index contributed by atoms with van der Waals surface area (Å²) in [6.07, 6.45) is 8.43. The first-order valence-electron chi connectivity index (χ1n) is 43.9. The number of amides is 1. The minimum atomic E-state index is -2.56. The van der Waals surface area contributed by atoms with Crippen molar-refractivity contribution in [3.63, 3.8) is 0 Å². The second-order valence-corrected chi connectivity index (χ2v) is 23.4. The van der Waals surface area contributed by atoms with Gasteiger partial charge in [-0.2, -0.15) is 0 Å². The second kappa shape index (κ2) is 85.9. The van der Waals surface area contributed by atoms with Gasteiger partial charge in [0.05, 0.1) is 86.4 Å². The summed E-state index contributed by atoms with van der Waals surface area (Å²) in [7, 11) is 6.20. The van der Waals surface area contributed by atoms with Gasteiger partial charge in [0.2, 0.25) is 5.24 Å². The van der Waals surface area contributed by atoms with Gasteiger partial charge < -0.3 is 81.7 Å². The van der Waals surface area contributed by atoms with Crippen LogP contribution in [0.3, 0.4) is 0 Å². The maximum atomic E-state index is 12.6. The van der Waals surface area contributed by atoms with E-state index in [2.05, 4.69) is 121 Å². The molecule has 2 radical (unpaired) electrons. The number of imidazole rings is 2. The number of piperazine rings is 2. The number of aldehydes is 2. The molecule has 0 saturated carbocycles. The van der Waals surface area contributed by atoms with Gasteiger partial charge >= 0.3 is 12.1 Å². The molecule has 3 N–H and O–H groups in total. The van der Waals surface area contributed by atoms with Crippen LogP contribution < -0.4 is 24.3 Å². The minimum Gasteiger partial charge on any atom is -0.507 e. The van der Waals surface area contributed by atoms with Gasteiger partial charge in [-0.1, -0.05) is 190 Å². The average molecular weight is 1830 g/mol. The number of hydrogen-bond acceptors (Lipinski definition) is 23. The van der Waals surface area contributed by atoms with Crippen LogP contribution in [0.4, 0.5) is 4.79 Å². The number of para-hydroxylation sites is 5. The van der Waals surface area contributed by atoms with Gasteiger partial charge in [-0.05, 0) is 70.1 Å². The third-order valence-electron chi connectivity index (χ3n) is 14.0. The quantitative estimate of drug-likeness (QED) is 0.0169. The van der Waals surface area contributed by atoms with Gasteiger partial charge in [0.25, 0.3) is 0 Å². The van der Waals surface area contributed by atoms with Gasteiger partial charge in [-0.25, -0.2) is 14.8 Å². The molecule has 656 valence electrons. The predicted octanol–water partition coefficient (Wildman–Crippen LogP) is 14.3. The van der Waals surface area contributed by atoms with Crippen molar-refractivity contribution in [3.8, 4) is 28.7 Å². The largest absolute Gasteiger partial charge is 0.507 e. The Hall–Kier alpha value is -8.50. The molecule has 2 aliphatic rings. The Labute approximate surface area is 771 Å². The number of methoxy groups -OCH3 is 9. The van der Waals surface area contributed by atoms with Crippen LogP contribution in [0.25, 0.3) is 0 Å². The van der Waals surface area contributed by atoms with E-state index < -0.39 is 45.1 Å². The van der Waals surface area contributed by atoms with Gasteiger partial charge in [-0.3, -0.25) is 29.0 Å². The van der Waals surface area contributed by atoms with E-state index in [0.717, 1.165) is 71.1 Å². The zero-order chi connectivity index (χ0) is 101. The first-order valence-corrected chi connectivity index (χ1v) is 37.8. The van der Waals surface area contributed by atoms with Crippen LogP contribution in [0, 0.1) is 0 Å². The fourth-order valence-electron chi connectivity index (χ4n) is 9.07. The first-order chi connectivity index (χ1) is 62.4. The number of hydrogen-bond donors (Lipinski definition) is 3. The summed E-state index contributed by atoms with van der Waals surface area (Å²) in [5.74, 6) is 0.273. The molecule has 2 saturated heterocycles. The van der Waals surface area contributed by atoms with Gasteiger partial charge in [0.1, 0.15) is 59.3 Å². The van der Waals surface area contributed by atoms with Crippen molar-refractivity contribution >= 4 is 100 Å². The molecule has 0 unspecified atom stereocenters. The van der Waals surface area contributed by atoms with Gasteiger partial charge in [0.15, 0.2) is 12.6 Å². The number of alkyl halides is 1. The molecule has 2 fully saturated rings. The van der Waals surface area contributed by atoms with Crippen molar-refractivity contribution in [1.82, 2.24) is 39.1 Å². The van der Waals surface area contributed by atoms with Crippen LogP contribution in [-0.2, 0) is 88.7 Å². The van der Waals surface area contributed by atoms with Gasteiger partial charge in [-0.15, -0.1) is 0 Å². The molecule has 1 amide bonds. The molecule has 0 bridgehead atoms. The summed E-state index contributed by atoms with van der Waals surface area (Å²) in [6.45, 7) is 20.7. The Bertz CT molecular complexity index is 4400. The molecule has 7 aromatic carbocycles. The number of phenolic OH excluding ortho intramolecular Hbond substituents is 1. The van der Waals surface area contributed by atoms with Crippen molar-refractivity contribution in [2.75, 3.05) is 156 Å². The average Bonchev–Trinajstić information content (AvgIpc) is 1.73. The van der Waals surface area contributed by atoms with Crippen LogP contribution in [0.1, 0.15) is 122 Å². The molecule has 2 aromatic heterocycles. The van der Waals surface area contributed by atoms with Crippen LogP contribution in [0.2, 0.25) is 0 Å². The molecule has 0 spiro atoms. The number of phenols is 1. The molecule has 9 aromatic rings. The molecule has 2 aliphatic heterocycles. The summed E-state index contributed by atoms with van der Waals surface area (Å²) in [4.78, 5) is 66.2. The van der Waals surface area contributed by atoms with E-state index in [4.69, 9.17) is 49.7 Å². The number of carbonyl (C=O) groups is 5. The van der Waals surface area contributed by atoms with Crippen molar-refractivity contribution in [2.45, 2.75) is 87.5 Å². The number of benzene rings is 7. The topological polar surface area (TPSA) is 285 Å². The summed E-state index contributed by atoms with van der Waals surface area (Å²) in [6, 6.07) is 53.1. The number of halogens is 2. The Morgan fingerprint density at radius 3 is 1.16 bits per heavy atom. The van der Waals surface area contributed by atoms with E-state index in [1.54, 1.807) is 167 Å². The molecule has 26 nitrogen and oxygen atoms in total. The maximum absolute atomic E-state index is 12.6. The molecular formula is C89H134AlClILiN8O18. The number of nitrogens with zero attached hydrogens (tertiary/aromatic N) is 7. The summed E-state index contributed by atoms with van der Waals surface area (Å²) in [5.41, 5.74) is 7.04. The number of aliphatic hydroxyl groups is 1. The molecule has 30 heteroatoms. The summed E-state index contributed by atoms with van der Waals surface area (Å²) >= 11 is 6.01. The Morgan fingerprint density at radius 1 is 0.479 bits per heavy atom. The summed E-state index contributed by atoms with van der Waals surface area (Å²) < 4.78 is 158. The van der Waals surface area contributed by atoms with E-state index in [-0.39, 0.29) is 95.6 Å². The molecule has 11 rings (SSSR count). The number of ether oxygens (including phenoxy) is 11. The molecule has 119 heavy (non-hydrogen) atoms. The van der Waals surface area contributed by atoms with Crippen LogP contribution in [-0.4, -0.2) is 267 Å². The number of carbonyl (C=O) groups excluding carboxylic acids is 5. The van der Waals surface area contributed by atoms with E-state index in [1.165, 1.54) is 83.6 Å². The molecule has 0 aliphatic carbocycles. The van der Waals surface area contributed by atoms with E-state index in [0.29, 0.717) is 47.9 Å². The smallest absolute Gasteiger partial charge is 0.410 e. The number of rotatable bonds is 19. The zero-order valence-electron chi connectivity index (χ0n) is 87.2. The first kappa shape index (κ1) is 92.8. The monoisotopic (exact) mass is 1830 g/mol. The zero-order valence-corrected chi connectivity index (χ0v) is 77.1. The number of aromatic hydroxyl groups is 1. The number of aliphatic hydroxyl groups excluding tert-OH is 1. The predicted molar refractivity (Wildman–Crippen MR) is 491 cm³/mol. The Kier molecular flexibility index (Phi) is 67.0. The van der Waals surface area contributed by atoms with E-state index in [9.17, 15) is 24.0 Å². The fourth-order valence-corrected chi connectivity index (χ4v) is 9.07. The van der Waals surface area contributed by atoms with Crippen LogP contribution in [0.5, 0.6) is 28.7 Å². The van der Waals surface area contributed by atoms with Crippen molar-refractivity contribution < 1.29 is 107 Å². The standard InChI is InChI=1S/C24H28N4O3.C15H20N4.C10H12O3.C8H10O2.C8H8O2.C7H6O2.C2H3ClO.5C2H6O.2C2H6.CH3I.Al.Li.2H/c1-30-23-10-6-5-9-21(23)18-31-24(29)27-13-11-26(12-14-27)17-22-15-25-19-28(22)16-20-7-3-2-4-8-20;1-2-4-14(5-3-1)11-19-13-17-10-15(19)12-18-8-6-16-7-9-18;1-8(11)13-7-9-5-3-4-6-10(9)12-2;2*1-10-8-5-3-2-4-7(8)6-9;8-5-6-3-1-2-4-7(6)9;1-2(3)4;5*1-3-2;3*1-2;;;;/h2-10,15,19H,11-14,16-18H2,1H3;1-5,10,13,16H,6-9,11-12H2;3-6H,7H2,1-2H3;2-5,9H,6H2,1H3;2-6H,1H3;1-5,9H;1H3;5*1-2H3;2*1-2H3;1H3;;;;/i1T3;;2T3;2*1T3;;;;;;;;;;1T3;;;;. The van der Waals surface area contributed by atoms with E-state index >= 15 is 0 Å². The fraction of sp³-hybridized carbons (Fsp3) is 0.404. The molecular weight excluding hydrogens is 1670 g/mol. The Morgan fingerprint density at radius 2 is 0.798 bits per heavy atom. The molecule has 4 heterocycles. The maximum Gasteiger partial charge on any atom is 0.410 e. The van der Waals surface area contributed by atoms with Crippen LogP contribution in [0.15, 0.2) is 207 Å². The van der Waals surface area contributed by atoms with Crippen molar-refractivity contribution in [1.29, 1.82) is 0 Å². The number of aromatic nitrogens is 4. The van der Waals surface area contributed by atoms with Crippen molar-refractivity contribution in [3.05, 3.63) is 257 Å². The minimum absolute atomic E-state index is 0. The van der Waals surface area contributed by atoms with Gasteiger partial charge in [0, 0.05) is 216 Å². The SMILES string of the molecule is CC.CC.CC(=O)Cl.COC.COC.COC.COC.COC.O=Cc1ccccc1O.[3H]C([3H])([3H])I.[3H]C([3H])([3H])Oc1ccccc1C=O.[3H]C([3H])([3H])Oc1ccccc1CO.[3H]C([3H])([3H])Oc1ccccc1COC(=O)N1CCN(Cc2cncn2Cc2ccccc2)CC1.[3H]C([3H])([3H])Oc1ccccc1COC(C)=O.[AlH2].[Li].c1ccc(Cn2cncc2CN2CCNCC2)cc1. The van der Waals surface area contributed by atoms with Crippen molar-refractivity contribution in [2.24, 2.45) is 0 Å². The molecule has 0 atom stereocenters. The second-order valence-electron chi connectivity index (χ2n) is 22.9. The van der Waals surface area contributed by atoms with E-state index in [1.807, 2.05) is 70.9 Å². The summed E-state index contributed by atoms with van der Waals surface area (Å²) in [5, 5.41) is 20.8. The third kappa shape index (κ3) is 60.6. The number of esters is 1. The third-order valence-corrected chi connectivity index (χ3v) is 14.0. The van der Waals surface area contributed by atoms with Crippen LogP contribution >= 0.6 is 34.2 Å². The normalized spacial score (nSPS) is 13.2. The number of nitrogens with one attached hydrogen (secondary N) is 1.